The van der Waals surface area contributed by atoms with Crippen molar-refractivity contribution in [3.63, 3.8) is 0 Å². The van der Waals surface area contributed by atoms with Gasteiger partial charge in [0.15, 0.2) is 0 Å². The van der Waals surface area contributed by atoms with Crippen LogP contribution in [-0.2, 0) is 6.42 Å². The van der Waals surface area contributed by atoms with E-state index in [-0.39, 0.29) is 0 Å². The van der Waals surface area contributed by atoms with Crippen molar-refractivity contribution in [3.8, 4) is 0 Å². The summed E-state index contributed by atoms with van der Waals surface area (Å²) in [4.78, 5) is 0. The van der Waals surface area contributed by atoms with Gasteiger partial charge < -0.3 is 0 Å². The average Bonchev–Trinajstić information content (AvgIpc) is 2.41. The molecular weight excluding hydrogens is 256 g/mol. The van der Waals surface area contributed by atoms with Gasteiger partial charge >= 0.3 is 0 Å². The first-order valence-electron chi connectivity index (χ1n) is 7.31. The lowest BCUT2D eigenvalue weighted by molar-refractivity contribution is 0.170. The van der Waals surface area contributed by atoms with E-state index in [1.165, 1.54) is 24.8 Å². The second kappa shape index (κ2) is 6.74. The van der Waals surface area contributed by atoms with E-state index < -0.39 is 0 Å². The minimum atomic E-state index is 0.329. The third-order valence-corrected chi connectivity index (χ3v) is 5.19. The highest BCUT2D eigenvalue weighted by Gasteiger charge is 2.29. The van der Waals surface area contributed by atoms with Gasteiger partial charge in [0, 0.05) is 11.1 Å². The fourth-order valence-corrected chi connectivity index (χ4v) is 3.43. The van der Waals surface area contributed by atoms with E-state index in [1.807, 2.05) is 18.2 Å². The molecule has 0 spiro atoms. The summed E-state index contributed by atoms with van der Waals surface area (Å²) in [5.41, 5.74) is 4.22. The molecule has 1 aromatic rings. The van der Waals surface area contributed by atoms with Gasteiger partial charge in [-0.05, 0) is 48.6 Å². The summed E-state index contributed by atoms with van der Waals surface area (Å²) in [5, 5.41) is 0.847. The molecule has 0 amide bonds. The van der Waals surface area contributed by atoms with E-state index in [4.69, 9.17) is 17.4 Å². The number of halogens is 1. The monoisotopic (exact) mass is 280 g/mol. The van der Waals surface area contributed by atoms with E-state index in [1.54, 1.807) is 0 Å². The topological polar surface area (TPSA) is 38.0 Å². The Bertz CT molecular complexity index is 407. The van der Waals surface area contributed by atoms with E-state index in [2.05, 4.69) is 25.3 Å². The fraction of sp³-hybridized carbons (Fsp3) is 0.625. The van der Waals surface area contributed by atoms with Crippen LogP contribution in [0.15, 0.2) is 24.3 Å². The van der Waals surface area contributed by atoms with Gasteiger partial charge in [0.1, 0.15) is 0 Å². The molecule has 0 saturated heterocycles. The van der Waals surface area contributed by atoms with Crippen molar-refractivity contribution in [1.29, 1.82) is 0 Å². The SMILES string of the molecule is CC1CCC(C(Cc2ccccc2Cl)NN)CC1C. The fourth-order valence-electron chi connectivity index (χ4n) is 3.22. The Kier molecular flexibility index (Phi) is 5.26. The number of benzene rings is 1. The van der Waals surface area contributed by atoms with Crippen LogP contribution in [0.3, 0.4) is 0 Å². The molecule has 4 unspecified atom stereocenters. The van der Waals surface area contributed by atoms with Crippen LogP contribution in [0.5, 0.6) is 0 Å². The lowest BCUT2D eigenvalue weighted by Crippen LogP contribution is -2.44. The molecule has 1 saturated carbocycles. The van der Waals surface area contributed by atoms with Crippen molar-refractivity contribution >= 4 is 11.6 Å². The maximum atomic E-state index is 6.25. The highest BCUT2D eigenvalue weighted by Crippen LogP contribution is 2.36. The molecule has 1 aromatic carbocycles. The molecule has 4 atom stereocenters. The Morgan fingerprint density at radius 2 is 2.00 bits per heavy atom. The molecule has 0 aliphatic heterocycles. The standard InChI is InChI=1S/C16H25ClN2/c1-11-7-8-14(9-12(11)2)16(19-18)10-13-5-3-4-6-15(13)17/h3-6,11-12,14,16,19H,7-10,18H2,1-2H3. The van der Waals surface area contributed by atoms with E-state index >= 15 is 0 Å². The smallest absolute Gasteiger partial charge is 0.0438 e. The highest BCUT2D eigenvalue weighted by atomic mass is 35.5. The summed E-state index contributed by atoms with van der Waals surface area (Å²) in [7, 11) is 0. The summed E-state index contributed by atoms with van der Waals surface area (Å²) in [6.45, 7) is 4.72. The zero-order valence-electron chi connectivity index (χ0n) is 11.9. The van der Waals surface area contributed by atoms with Gasteiger partial charge in [-0.25, -0.2) is 0 Å². The third kappa shape index (κ3) is 3.71. The molecule has 3 N–H and O–H groups in total. The third-order valence-electron chi connectivity index (χ3n) is 4.82. The van der Waals surface area contributed by atoms with Crippen LogP contribution in [0, 0.1) is 17.8 Å². The number of nitrogens with one attached hydrogen (secondary N) is 1. The molecule has 0 radical (unpaired) electrons. The van der Waals surface area contributed by atoms with Crippen LogP contribution in [0.25, 0.3) is 0 Å². The first-order valence-corrected chi connectivity index (χ1v) is 7.69. The first-order chi connectivity index (χ1) is 9.11. The summed E-state index contributed by atoms with van der Waals surface area (Å²) in [5.74, 6) is 8.08. The largest absolute Gasteiger partial charge is 0.271 e. The van der Waals surface area contributed by atoms with Crippen molar-refractivity contribution in [3.05, 3.63) is 34.9 Å². The molecule has 1 aliphatic carbocycles. The van der Waals surface area contributed by atoms with Crippen LogP contribution >= 0.6 is 11.6 Å². The predicted octanol–water partition coefficient (Wildman–Crippen LogP) is 3.79. The Morgan fingerprint density at radius 3 is 2.63 bits per heavy atom. The Hall–Kier alpha value is -0.570. The van der Waals surface area contributed by atoms with Crippen molar-refractivity contribution in [2.45, 2.75) is 45.6 Å². The van der Waals surface area contributed by atoms with Gasteiger partial charge in [-0.2, -0.15) is 0 Å². The van der Waals surface area contributed by atoms with E-state index in [0.29, 0.717) is 12.0 Å². The van der Waals surface area contributed by atoms with Crippen LogP contribution in [0.2, 0.25) is 5.02 Å². The average molecular weight is 281 g/mol. The summed E-state index contributed by atoms with van der Waals surface area (Å²) in [6.07, 6.45) is 4.76. The minimum Gasteiger partial charge on any atom is -0.271 e. The lowest BCUT2D eigenvalue weighted by Gasteiger charge is -2.36. The van der Waals surface area contributed by atoms with Crippen LogP contribution in [0.4, 0.5) is 0 Å². The van der Waals surface area contributed by atoms with E-state index in [0.717, 1.165) is 23.3 Å². The highest BCUT2D eigenvalue weighted by molar-refractivity contribution is 6.31. The normalized spacial score (nSPS) is 29.2. The maximum Gasteiger partial charge on any atom is 0.0438 e. The van der Waals surface area contributed by atoms with Crippen LogP contribution in [-0.4, -0.2) is 6.04 Å². The van der Waals surface area contributed by atoms with Crippen LogP contribution in [0.1, 0.15) is 38.7 Å². The number of hydrogen-bond acceptors (Lipinski definition) is 2. The molecule has 19 heavy (non-hydrogen) atoms. The van der Waals surface area contributed by atoms with Gasteiger partial charge in [0.2, 0.25) is 0 Å². The zero-order chi connectivity index (χ0) is 13.8. The second-order valence-corrected chi connectivity index (χ2v) is 6.50. The Balaban J connectivity index is 2.02. The first kappa shape index (κ1) is 14.8. The molecule has 1 fully saturated rings. The Labute approximate surface area is 121 Å². The number of nitrogens with two attached hydrogens (primary N) is 1. The number of rotatable bonds is 4. The molecule has 0 bridgehead atoms. The van der Waals surface area contributed by atoms with Crippen molar-refractivity contribution in [1.82, 2.24) is 5.43 Å². The molecule has 2 rings (SSSR count). The molecular formula is C16H25ClN2. The van der Waals surface area contributed by atoms with Crippen molar-refractivity contribution < 1.29 is 0 Å². The van der Waals surface area contributed by atoms with Gasteiger partial charge in [-0.1, -0.05) is 50.1 Å². The summed E-state index contributed by atoms with van der Waals surface area (Å²) >= 11 is 6.25. The predicted molar refractivity (Wildman–Crippen MR) is 81.9 cm³/mol. The maximum absolute atomic E-state index is 6.25. The summed E-state index contributed by atoms with van der Waals surface area (Å²) in [6, 6.07) is 8.40. The molecule has 0 aromatic heterocycles. The van der Waals surface area contributed by atoms with Gasteiger partial charge in [-0.3, -0.25) is 11.3 Å². The molecule has 2 nitrogen and oxygen atoms in total. The summed E-state index contributed by atoms with van der Waals surface area (Å²) < 4.78 is 0. The zero-order valence-corrected chi connectivity index (χ0v) is 12.7. The molecule has 3 heteroatoms. The Morgan fingerprint density at radius 1 is 1.26 bits per heavy atom. The van der Waals surface area contributed by atoms with Gasteiger partial charge in [-0.15, -0.1) is 0 Å². The number of hydrogen-bond donors (Lipinski definition) is 2. The quantitative estimate of drug-likeness (QED) is 0.651. The molecule has 1 aliphatic rings. The number of hydrazine groups is 1. The second-order valence-electron chi connectivity index (χ2n) is 6.10. The van der Waals surface area contributed by atoms with Crippen LogP contribution < -0.4 is 11.3 Å². The van der Waals surface area contributed by atoms with Crippen molar-refractivity contribution in [2.24, 2.45) is 23.6 Å². The van der Waals surface area contributed by atoms with Crippen molar-refractivity contribution in [2.75, 3.05) is 0 Å². The van der Waals surface area contributed by atoms with E-state index in [9.17, 15) is 0 Å². The van der Waals surface area contributed by atoms with Gasteiger partial charge in [0.25, 0.3) is 0 Å². The lowest BCUT2D eigenvalue weighted by atomic mass is 9.72. The van der Waals surface area contributed by atoms with Gasteiger partial charge in [0.05, 0.1) is 0 Å². The molecule has 0 heterocycles. The molecule has 106 valence electrons. The minimum absolute atomic E-state index is 0.329.